The van der Waals surface area contributed by atoms with Gasteiger partial charge in [0.1, 0.15) is 11.4 Å². The van der Waals surface area contributed by atoms with Gasteiger partial charge in [-0.2, -0.15) is 4.52 Å². The molecule has 7 heteroatoms. The van der Waals surface area contributed by atoms with Crippen molar-refractivity contribution in [3.63, 3.8) is 0 Å². The highest BCUT2D eigenvalue weighted by molar-refractivity contribution is 9.10. The summed E-state index contributed by atoms with van der Waals surface area (Å²) in [6.45, 7) is 3.89. The number of nitrogens with one attached hydrogen (secondary N) is 1. The molecule has 170 valence electrons. The first-order valence-electron chi connectivity index (χ1n) is 11.3. The molecule has 1 fully saturated rings. The van der Waals surface area contributed by atoms with Gasteiger partial charge in [-0.3, -0.25) is 9.89 Å². The Morgan fingerprint density at radius 3 is 2.55 bits per heavy atom. The fourth-order valence-electron chi connectivity index (χ4n) is 4.65. The number of hydrogen-bond acceptors (Lipinski definition) is 4. The van der Waals surface area contributed by atoms with Crippen LogP contribution in [0.4, 0.5) is 5.69 Å². The van der Waals surface area contributed by atoms with Crippen LogP contribution in [0.25, 0.3) is 16.9 Å². The van der Waals surface area contributed by atoms with Gasteiger partial charge in [-0.1, -0.05) is 36.4 Å². The molecule has 0 spiro atoms. The Bertz CT molecular complexity index is 1350. The summed E-state index contributed by atoms with van der Waals surface area (Å²) < 4.78 is 7.84. The van der Waals surface area contributed by atoms with Crippen LogP contribution >= 0.6 is 15.9 Å². The van der Waals surface area contributed by atoms with Gasteiger partial charge >= 0.3 is 0 Å². The van der Waals surface area contributed by atoms with E-state index in [1.54, 1.807) is 11.6 Å². The molecule has 2 aromatic carbocycles. The number of anilines is 1. The minimum absolute atomic E-state index is 0.0510. The quantitative estimate of drug-likeness (QED) is 0.396. The molecular weight excluding hydrogens is 480 g/mol. The number of hydrogen-bond donors (Lipinski definition) is 1. The summed E-state index contributed by atoms with van der Waals surface area (Å²) in [6.07, 6.45) is 4.05. The molecule has 0 amide bonds. The van der Waals surface area contributed by atoms with Crippen LogP contribution in [0, 0.1) is 6.92 Å². The number of aryl methyl sites for hydroxylation is 1. The molecule has 1 N–H and O–H groups in total. The first kappa shape index (κ1) is 21.8. The zero-order chi connectivity index (χ0) is 22.9. The third-order valence-corrected chi connectivity index (χ3v) is 7.01. The minimum atomic E-state index is -0.0510. The number of methoxy groups -OCH3 is 1. The first-order chi connectivity index (χ1) is 16.1. The van der Waals surface area contributed by atoms with Crippen molar-refractivity contribution in [3.05, 3.63) is 80.2 Å². The predicted molar refractivity (Wildman–Crippen MR) is 136 cm³/mol. The Kier molecular flexibility index (Phi) is 5.98. The molecule has 0 radical (unpaired) electrons. The fourth-order valence-corrected chi connectivity index (χ4v) is 5.24. The van der Waals surface area contributed by atoms with Gasteiger partial charge in [-0.15, -0.1) is 0 Å². The molecule has 3 heterocycles. The van der Waals surface area contributed by atoms with Crippen LogP contribution in [0.15, 0.2) is 57.8 Å². The predicted octanol–water partition coefficient (Wildman–Crippen LogP) is 5.35. The third-order valence-electron chi connectivity index (χ3n) is 6.39. The van der Waals surface area contributed by atoms with E-state index >= 15 is 0 Å². The summed E-state index contributed by atoms with van der Waals surface area (Å²) in [6, 6.07) is 16.1. The van der Waals surface area contributed by atoms with E-state index in [0.717, 1.165) is 64.4 Å². The van der Waals surface area contributed by atoms with Crippen LogP contribution in [0.5, 0.6) is 5.75 Å². The van der Waals surface area contributed by atoms with Crippen LogP contribution in [0.2, 0.25) is 0 Å². The van der Waals surface area contributed by atoms with Gasteiger partial charge in [0.2, 0.25) is 0 Å². The normalized spacial score (nSPS) is 14.1. The van der Waals surface area contributed by atoms with Gasteiger partial charge in [0.15, 0.2) is 5.65 Å². The maximum Gasteiger partial charge on any atom is 0.276 e. The second-order valence-corrected chi connectivity index (χ2v) is 9.39. The van der Waals surface area contributed by atoms with Crippen molar-refractivity contribution in [1.82, 2.24) is 14.6 Å². The number of H-pyrrole nitrogens is 1. The first-order valence-corrected chi connectivity index (χ1v) is 12.1. The zero-order valence-electron chi connectivity index (χ0n) is 18.9. The largest absolute Gasteiger partial charge is 0.496 e. The van der Waals surface area contributed by atoms with Gasteiger partial charge in [0, 0.05) is 36.3 Å². The lowest BCUT2D eigenvalue weighted by Gasteiger charge is -2.28. The summed E-state index contributed by atoms with van der Waals surface area (Å²) in [5.41, 5.74) is 6.17. The number of fused-ring (bicyclic) bond motifs is 1. The second-order valence-electron chi connectivity index (χ2n) is 8.53. The van der Waals surface area contributed by atoms with E-state index in [9.17, 15) is 4.79 Å². The maximum absolute atomic E-state index is 13.7. The molecule has 1 aliphatic heterocycles. The molecule has 5 rings (SSSR count). The molecule has 0 atom stereocenters. The molecule has 4 aromatic rings. The van der Waals surface area contributed by atoms with E-state index in [4.69, 9.17) is 9.72 Å². The van der Waals surface area contributed by atoms with Gasteiger partial charge < -0.3 is 9.64 Å². The molecule has 0 aliphatic carbocycles. The minimum Gasteiger partial charge on any atom is -0.496 e. The van der Waals surface area contributed by atoms with E-state index in [0.29, 0.717) is 17.6 Å². The number of ether oxygens (including phenoxy) is 1. The van der Waals surface area contributed by atoms with Crippen molar-refractivity contribution < 1.29 is 4.74 Å². The summed E-state index contributed by atoms with van der Waals surface area (Å²) in [5.74, 6) is 0.767. The zero-order valence-corrected chi connectivity index (χ0v) is 20.5. The molecule has 0 saturated carbocycles. The molecule has 33 heavy (non-hydrogen) atoms. The highest BCUT2D eigenvalue weighted by Crippen LogP contribution is 2.35. The SMILES string of the molecule is COc1ccc(Cc2c(C)nc3c(N4CCCCC4)c(-c4ccccc4)[nH]n3c2=O)cc1Br. The number of aromatic nitrogens is 3. The summed E-state index contributed by atoms with van der Waals surface area (Å²) in [4.78, 5) is 21.0. The topological polar surface area (TPSA) is 62.6 Å². The number of aromatic amines is 1. The van der Waals surface area contributed by atoms with Gasteiger partial charge in [-0.25, -0.2) is 4.98 Å². The molecular formula is C26H27BrN4O2. The second kappa shape index (κ2) is 9.06. The number of piperidine rings is 1. The average molecular weight is 507 g/mol. The Hall–Kier alpha value is -3.06. The Morgan fingerprint density at radius 2 is 1.85 bits per heavy atom. The summed E-state index contributed by atoms with van der Waals surface area (Å²) in [7, 11) is 1.64. The fraction of sp³-hybridized carbons (Fsp3) is 0.308. The maximum atomic E-state index is 13.7. The number of benzene rings is 2. The highest BCUT2D eigenvalue weighted by Gasteiger charge is 2.24. The van der Waals surface area contributed by atoms with Crippen molar-refractivity contribution in [2.45, 2.75) is 32.6 Å². The number of halogens is 1. The Labute approximate surface area is 201 Å². The van der Waals surface area contributed by atoms with E-state index in [2.05, 4.69) is 38.1 Å². The van der Waals surface area contributed by atoms with Crippen LogP contribution in [-0.4, -0.2) is 34.8 Å². The molecule has 6 nitrogen and oxygen atoms in total. The van der Waals surface area contributed by atoms with Crippen LogP contribution in [-0.2, 0) is 6.42 Å². The number of nitrogens with zero attached hydrogens (tertiary/aromatic N) is 3. The molecule has 1 saturated heterocycles. The molecule has 1 aliphatic rings. The number of rotatable bonds is 5. The van der Waals surface area contributed by atoms with Crippen LogP contribution in [0.3, 0.4) is 0 Å². The molecule has 0 bridgehead atoms. The Morgan fingerprint density at radius 1 is 1.09 bits per heavy atom. The van der Waals surface area contributed by atoms with Crippen molar-refractivity contribution in [2.75, 3.05) is 25.1 Å². The van der Waals surface area contributed by atoms with Crippen molar-refractivity contribution >= 4 is 27.3 Å². The van der Waals surface area contributed by atoms with Crippen LogP contribution < -0.4 is 15.2 Å². The van der Waals surface area contributed by atoms with Crippen molar-refractivity contribution in [2.24, 2.45) is 0 Å². The smallest absolute Gasteiger partial charge is 0.276 e. The Balaban J connectivity index is 1.66. The lowest BCUT2D eigenvalue weighted by molar-refractivity contribution is 0.412. The summed E-state index contributed by atoms with van der Waals surface area (Å²) >= 11 is 3.54. The van der Waals surface area contributed by atoms with Gasteiger partial charge in [-0.05, 0) is 59.8 Å². The lowest BCUT2D eigenvalue weighted by Crippen LogP contribution is -2.30. The lowest BCUT2D eigenvalue weighted by atomic mass is 10.0. The van der Waals surface area contributed by atoms with Crippen molar-refractivity contribution in [3.8, 4) is 17.0 Å². The van der Waals surface area contributed by atoms with E-state index < -0.39 is 0 Å². The highest BCUT2D eigenvalue weighted by atomic mass is 79.9. The summed E-state index contributed by atoms with van der Waals surface area (Å²) in [5, 5.41) is 3.40. The van der Waals surface area contributed by atoms with E-state index in [-0.39, 0.29) is 5.56 Å². The molecule has 2 aromatic heterocycles. The van der Waals surface area contributed by atoms with Gasteiger partial charge in [0.25, 0.3) is 5.56 Å². The van der Waals surface area contributed by atoms with Gasteiger partial charge in [0.05, 0.1) is 17.3 Å². The monoisotopic (exact) mass is 506 g/mol. The molecule has 0 unspecified atom stereocenters. The van der Waals surface area contributed by atoms with Crippen LogP contribution in [0.1, 0.15) is 36.1 Å². The standard InChI is InChI=1S/C26H27BrN4O2/c1-17-20(15-18-11-12-22(33-2)21(27)16-18)26(32)31-25(28-17)24(30-13-7-4-8-14-30)23(29-31)19-9-5-3-6-10-19/h3,5-6,9-12,16,29H,4,7-8,13-15H2,1-2H3. The van der Waals surface area contributed by atoms with E-state index in [1.165, 1.54) is 6.42 Å². The van der Waals surface area contributed by atoms with Crippen molar-refractivity contribution in [1.29, 1.82) is 0 Å². The third kappa shape index (κ3) is 4.06. The van der Waals surface area contributed by atoms with E-state index in [1.807, 2.05) is 43.3 Å². The average Bonchev–Trinajstić information content (AvgIpc) is 3.22.